The highest BCUT2D eigenvalue weighted by Gasteiger charge is 2.08. The van der Waals surface area contributed by atoms with E-state index in [9.17, 15) is 9.18 Å². The Morgan fingerprint density at radius 3 is 2.88 bits per heavy atom. The summed E-state index contributed by atoms with van der Waals surface area (Å²) in [6.07, 6.45) is 0.112. The van der Waals surface area contributed by atoms with E-state index < -0.39 is 11.8 Å². The third kappa shape index (κ3) is 4.41. The van der Waals surface area contributed by atoms with E-state index in [1.807, 2.05) is 6.92 Å². The number of carbonyl (C=O) groups is 1. The van der Waals surface area contributed by atoms with Gasteiger partial charge in [0.05, 0.1) is 11.4 Å². The Morgan fingerprint density at radius 2 is 2.31 bits per heavy atom. The minimum atomic E-state index is -0.817. The lowest BCUT2D eigenvalue weighted by molar-refractivity contribution is -0.136. The van der Waals surface area contributed by atoms with Crippen molar-refractivity contribution in [1.29, 1.82) is 0 Å². The predicted octanol–water partition coefficient (Wildman–Crippen LogP) is 3.58. The van der Waals surface area contributed by atoms with Gasteiger partial charge in [0.2, 0.25) is 0 Å². The van der Waals surface area contributed by atoms with E-state index in [1.54, 1.807) is 6.07 Å². The molecule has 0 radical (unpaired) electrons. The number of hydrogen-bond acceptors (Lipinski definition) is 2. The normalized spacial score (nSPS) is 12.4. The number of aliphatic carboxylic acids is 1. The highest BCUT2D eigenvalue weighted by atomic mass is 35.5. The summed E-state index contributed by atoms with van der Waals surface area (Å²) in [7, 11) is 0. The van der Waals surface area contributed by atoms with Crippen molar-refractivity contribution in [3.63, 3.8) is 0 Å². The van der Waals surface area contributed by atoms with Crippen molar-refractivity contribution in [1.82, 2.24) is 0 Å². The number of hydrogen-bond donors (Lipinski definition) is 1. The third-order valence-electron chi connectivity index (χ3n) is 1.98. The summed E-state index contributed by atoms with van der Waals surface area (Å²) in [4.78, 5) is 10.4. The van der Waals surface area contributed by atoms with Crippen LogP contribution in [0.5, 0.6) is 0 Å². The minimum absolute atomic E-state index is 0.0104. The van der Waals surface area contributed by atoms with Gasteiger partial charge in [0.15, 0.2) is 0 Å². The summed E-state index contributed by atoms with van der Waals surface area (Å²) in [5, 5.41) is 8.69. The van der Waals surface area contributed by atoms with Gasteiger partial charge in [-0.3, -0.25) is 4.79 Å². The lowest BCUT2D eigenvalue weighted by atomic mass is 10.2. The van der Waals surface area contributed by atoms with Crippen LogP contribution in [-0.2, 0) is 10.5 Å². The second-order valence-electron chi connectivity index (χ2n) is 3.47. The quantitative estimate of drug-likeness (QED) is 0.881. The molecule has 1 aromatic carbocycles. The third-order valence-corrected chi connectivity index (χ3v) is 3.52. The summed E-state index contributed by atoms with van der Waals surface area (Å²) in [5.41, 5.74) is 0.809. The number of benzene rings is 1. The monoisotopic (exact) mass is 262 g/mol. The molecule has 0 aromatic heterocycles. The topological polar surface area (TPSA) is 37.3 Å². The fraction of sp³-hybridized carbons (Fsp3) is 0.364. The molecule has 0 amide bonds. The Balaban J connectivity index is 2.48. The number of carboxylic acids is 1. The molecule has 0 aliphatic carbocycles. The van der Waals surface area contributed by atoms with Gasteiger partial charge in [0.1, 0.15) is 5.82 Å². The summed E-state index contributed by atoms with van der Waals surface area (Å²) >= 11 is 7.03. The molecular weight excluding hydrogens is 251 g/mol. The molecular formula is C11H12ClFO2S. The number of thioether (sulfide) groups is 1. The second-order valence-corrected chi connectivity index (χ2v) is 5.30. The molecule has 1 N–H and O–H groups in total. The molecule has 0 fully saturated rings. The van der Waals surface area contributed by atoms with Gasteiger partial charge in [-0.1, -0.05) is 24.6 Å². The Labute approximate surface area is 103 Å². The average Bonchev–Trinajstić information content (AvgIpc) is 2.19. The van der Waals surface area contributed by atoms with Crippen LogP contribution in [0.4, 0.5) is 4.39 Å². The molecule has 1 rings (SSSR count). The van der Waals surface area contributed by atoms with Gasteiger partial charge in [-0.15, -0.1) is 0 Å². The van der Waals surface area contributed by atoms with Crippen LogP contribution in [0.1, 0.15) is 18.9 Å². The first-order valence-corrected chi connectivity index (χ1v) is 6.19. The van der Waals surface area contributed by atoms with Crippen LogP contribution in [0.2, 0.25) is 5.02 Å². The zero-order valence-corrected chi connectivity index (χ0v) is 10.3. The molecule has 0 bridgehead atoms. The lowest BCUT2D eigenvalue weighted by Gasteiger charge is -2.08. The summed E-state index contributed by atoms with van der Waals surface area (Å²) in [6, 6.07) is 4.63. The molecule has 0 aliphatic heterocycles. The van der Waals surface area contributed by atoms with E-state index in [0.29, 0.717) is 5.75 Å². The van der Waals surface area contributed by atoms with Gasteiger partial charge in [-0.25, -0.2) is 4.39 Å². The first-order valence-electron chi connectivity index (χ1n) is 4.76. The molecule has 0 saturated carbocycles. The number of carboxylic acid groups (broad SMARTS) is 1. The molecule has 5 heteroatoms. The maximum Gasteiger partial charge on any atom is 0.304 e. The van der Waals surface area contributed by atoms with Crippen molar-refractivity contribution in [2.24, 2.45) is 0 Å². The molecule has 1 aromatic rings. The van der Waals surface area contributed by atoms with E-state index in [2.05, 4.69) is 0 Å². The van der Waals surface area contributed by atoms with Crippen molar-refractivity contribution in [3.8, 4) is 0 Å². The highest BCUT2D eigenvalue weighted by molar-refractivity contribution is 7.99. The van der Waals surface area contributed by atoms with Crippen molar-refractivity contribution < 1.29 is 14.3 Å². The van der Waals surface area contributed by atoms with Gasteiger partial charge in [0.25, 0.3) is 0 Å². The van der Waals surface area contributed by atoms with E-state index in [1.165, 1.54) is 23.9 Å². The number of rotatable bonds is 5. The van der Waals surface area contributed by atoms with Crippen LogP contribution in [0.25, 0.3) is 0 Å². The molecule has 2 nitrogen and oxygen atoms in total. The van der Waals surface area contributed by atoms with Crippen LogP contribution in [-0.4, -0.2) is 16.3 Å². The zero-order valence-electron chi connectivity index (χ0n) is 8.74. The Bertz CT molecular complexity index is 384. The van der Waals surface area contributed by atoms with Crippen LogP contribution in [0, 0.1) is 5.82 Å². The maximum absolute atomic E-state index is 13.1. The molecule has 1 atom stereocenters. The highest BCUT2D eigenvalue weighted by Crippen LogP contribution is 2.22. The first-order chi connectivity index (χ1) is 7.49. The summed E-state index contributed by atoms with van der Waals surface area (Å²) in [6.45, 7) is 1.84. The van der Waals surface area contributed by atoms with Gasteiger partial charge in [0, 0.05) is 11.0 Å². The molecule has 1 unspecified atom stereocenters. The summed E-state index contributed by atoms with van der Waals surface area (Å²) < 4.78 is 13.1. The molecule has 0 aliphatic rings. The zero-order chi connectivity index (χ0) is 12.1. The first kappa shape index (κ1) is 13.3. The summed E-state index contributed by atoms with van der Waals surface area (Å²) in [5.74, 6) is -0.671. The fourth-order valence-corrected chi connectivity index (χ4v) is 2.21. The lowest BCUT2D eigenvalue weighted by Crippen LogP contribution is -2.05. The smallest absolute Gasteiger partial charge is 0.304 e. The van der Waals surface area contributed by atoms with E-state index in [-0.39, 0.29) is 16.7 Å². The van der Waals surface area contributed by atoms with Gasteiger partial charge in [-0.05, 0) is 17.7 Å². The van der Waals surface area contributed by atoms with Crippen molar-refractivity contribution in [2.45, 2.75) is 24.3 Å². The largest absolute Gasteiger partial charge is 0.481 e. The van der Waals surface area contributed by atoms with E-state index in [0.717, 1.165) is 5.56 Å². The van der Waals surface area contributed by atoms with Crippen LogP contribution in [0.15, 0.2) is 18.2 Å². The van der Waals surface area contributed by atoms with Crippen LogP contribution < -0.4 is 0 Å². The molecule has 88 valence electrons. The molecule has 0 spiro atoms. The van der Waals surface area contributed by atoms with Crippen molar-refractivity contribution >= 4 is 29.3 Å². The van der Waals surface area contributed by atoms with Crippen molar-refractivity contribution in [3.05, 3.63) is 34.6 Å². The average molecular weight is 263 g/mol. The van der Waals surface area contributed by atoms with Crippen LogP contribution >= 0.6 is 23.4 Å². The maximum atomic E-state index is 13.1. The van der Waals surface area contributed by atoms with E-state index >= 15 is 0 Å². The number of halogens is 2. The molecule has 0 saturated heterocycles. The van der Waals surface area contributed by atoms with Gasteiger partial charge >= 0.3 is 5.97 Å². The van der Waals surface area contributed by atoms with Gasteiger partial charge < -0.3 is 5.11 Å². The second kappa shape index (κ2) is 6.11. The predicted molar refractivity (Wildman–Crippen MR) is 64.4 cm³/mol. The van der Waals surface area contributed by atoms with Crippen LogP contribution in [0.3, 0.4) is 0 Å². The van der Waals surface area contributed by atoms with Crippen molar-refractivity contribution in [2.75, 3.05) is 0 Å². The SMILES string of the molecule is CC(CC(=O)O)SCc1ccc(Cl)c(F)c1. The Morgan fingerprint density at radius 1 is 1.62 bits per heavy atom. The fourth-order valence-electron chi connectivity index (χ4n) is 1.17. The van der Waals surface area contributed by atoms with E-state index in [4.69, 9.17) is 16.7 Å². The Hall–Kier alpha value is -0.740. The van der Waals surface area contributed by atoms with Gasteiger partial charge in [-0.2, -0.15) is 11.8 Å². The molecule has 0 heterocycles. The minimum Gasteiger partial charge on any atom is -0.481 e. The molecule has 16 heavy (non-hydrogen) atoms. The Kier molecular flexibility index (Phi) is 5.09. The standard InChI is InChI=1S/C11H12ClFO2S/c1-7(4-11(14)15)16-6-8-2-3-9(12)10(13)5-8/h2-3,5,7H,4,6H2,1H3,(H,14,15).